The molecule has 1 fully saturated rings. The molecule has 0 spiro atoms. The number of esters is 1. The number of ether oxygens (including phenoxy) is 2. The molecule has 1 amide bonds. The molecule has 1 aliphatic rings. The number of carbonyl (C=O) groups excluding carboxylic acids is 2. The first kappa shape index (κ1) is 14.1. The molecule has 0 aliphatic carbocycles. The Bertz CT molecular complexity index is 510. The molecule has 1 aromatic carbocycles. The van der Waals surface area contributed by atoms with E-state index in [1.54, 1.807) is 6.08 Å². The fraction of sp³-hybridized carbons (Fsp3) is 0.333. The van der Waals surface area contributed by atoms with Crippen LogP contribution in [-0.4, -0.2) is 30.1 Å². The minimum absolute atomic E-state index is 0.220. The molecule has 5 heteroatoms. The molecule has 2 rings (SSSR count). The Balaban J connectivity index is 2.21. The Morgan fingerprint density at radius 1 is 1.40 bits per heavy atom. The average Bonchev–Trinajstić information content (AvgIpc) is 2.86. The van der Waals surface area contributed by atoms with Gasteiger partial charge in [-0.2, -0.15) is 0 Å². The Morgan fingerprint density at radius 3 is 2.75 bits per heavy atom. The summed E-state index contributed by atoms with van der Waals surface area (Å²) >= 11 is 0. The molecule has 1 aliphatic heterocycles. The van der Waals surface area contributed by atoms with Crippen LogP contribution in [0.1, 0.15) is 25.3 Å². The van der Waals surface area contributed by atoms with Gasteiger partial charge in [0.05, 0.1) is 6.54 Å². The van der Waals surface area contributed by atoms with Crippen LogP contribution in [0.2, 0.25) is 0 Å². The first-order valence-corrected chi connectivity index (χ1v) is 6.62. The van der Waals surface area contributed by atoms with Gasteiger partial charge in [-0.15, -0.1) is 0 Å². The van der Waals surface area contributed by atoms with Crippen molar-refractivity contribution in [1.82, 2.24) is 4.90 Å². The zero-order valence-corrected chi connectivity index (χ0v) is 11.4. The highest BCUT2D eigenvalue weighted by molar-refractivity contribution is 5.76. The summed E-state index contributed by atoms with van der Waals surface area (Å²) in [4.78, 5) is 24.6. The van der Waals surface area contributed by atoms with Crippen molar-refractivity contribution in [3.8, 4) is 0 Å². The molecule has 5 nitrogen and oxygen atoms in total. The van der Waals surface area contributed by atoms with E-state index in [4.69, 9.17) is 9.47 Å². The smallest absolute Gasteiger partial charge is 0.416 e. The summed E-state index contributed by atoms with van der Waals surface area (Å²) in [6.45, 7) is 2.58. The molecular weight excluding hydrogens is 258 g/mol. The summed E-state index contributed by atoms with van der Waals surface area (Å²) in [5.74, 6) is -0.133. The molecule has 0 saturated carbocycles. The van der Waals surface area contributed by atoms with E-state index in [0.29, 0.717) is 26.0 Å². The van der Waals surface area contributed by atoms with Crippen molar-refractivity contribution in [2.24, 2.45) is 0 Å². The number of nitrogens with zero attached hydrogens (tertiary/aromatic N) is 1. The molecule has 1 saturated heterocycles. The number of carbonyl (C=O) groups is 2. The molecule has 106 valence electrons. The average molecular weight is 275 g/mol. The van der Waals surface area contributed by atoms with E-state index in [-0.39, 0.29) is 11.9 Å². The van der Waals surface area contributed by atoms with Crippen LogP contribution in [0.25, 0.3) is 6.08 Å². The Hall–Kier alpha value is -2.30. The Labute approximate surface area is 117 Å². The molecular formula is C15H17NO4. The van der Waals surface area contributed by atoms with E-state index in [9.17, 15) is 9.59 Å². The number of cyclic esters (lactones) is 1. The van der Waals surface area contributed by atoms with Gasteiger partial charge in [0, 0.05) is 12.5 Å². The molecule has 1 heterocycles. The van der Waals surface area contributed by atoms with Crippen LogP contribution in [0.5, 0.6) is 0 Å². The summed E-state index contributed by atoms with van der Waals surface area (Å²) in [5.41, 5.74) is 0.853. The van der Waals surface area contributed by atoms with E-state index < -0.39 is 6.09 Å². The normalized spacial score (nSPS) is 15.2. The predicted molar refractivity (Wildman–Crippen MR) is 73.5 cm³/mol. The summed E-state index contributed by atoms with van der Waals surface area (Å²) < 4.78 is 10.2. The minimum Gasteiger partial charge on any atom is -0.447 e. The third-order valence-electron chi connectivity index (χ3n) is 2.79. The first-order chi connectivity index (χ1) is 9.70. The van der Waals surface area contributed by atoms with Crippen LogP contribution in [0.3, 0.4) is 0 Å². The lowest BCUT2D eigenvalue weighted by atomic mass is 10.2. The van der Waals surface area contributed by atoms with Gasteiger partial charge in [0.25, 0.3) is 0 Å². The van der Waals surface area contributed by atoms with Crippen LogP contribution in [0.4, 0.5) is 4.79 Å². The fourth-order valence-corrected chi connectivity index (χ4v) is 1.82. The molecule has 0 aromatic heterocycles. The van der Waals surface area contributed by atoms with Crippen LogP contribution in [-0.2, 0) is 14.3 Å². The topological polar surface area (TPSA) is 55.8 Å². The highest BCUT2D eigenvalue weighted by atomic mass is 16.6. The number of hydrogen-bond donors (Lipinski definition) is 0. The second-order valence-corrected chi connectivity index (χ2v) is 4.38. The first-order valence-electron chi connectivity index (χ1n) is 6.62. The lowest BCUT2D eigenvalue weighted by Gasteiger charge is -2.16. The van der Waals surface area contributed by atoms with Crippen molar-refractivity contribution in [3.63, 3.8) is 0 Å². The van der Waals surface area contributed by atoms with Gasteiger partial charge in [-0.1, -0.05) is 37.3 Å². The van der Waals surface area contributed by atoms with Crippen LogP contribution in [0.15, 0.2) is 36.2 Å². The molecule has 0 bridgehead atoms. The van der Waals surface area contributed by atoms with Crippen molar-refractivity contribution in [2.45, 2.75) is 19.8 Å². The second-order valence-electron chi connectivity index (χ2n) is 4.38. The third kappa shape index (κ3) is 3.60. The maximum atomic E-state index is 11.7. The van der Waals surface area contributed by atoms with Crippen LogP contribution >= 0.6 is 0 Å². The predicted octanol–water partition coefficient (Wildman–Crippen LogP) is 2.78. The summed E-state index contributed by atoms with van der Waals surface area (Å²) in [7, 11) is 0. The highest BCUT2D eigenvalue weighted by Gasteiger charge is 2.28. The number of benzene rings is 1. The van der Waals surface area contributed by atoms with Gasteiger partial charge < -0.3 is 9.47 Å². The van der Waals surface area contributed by atoms with Gasteiger partial charge in [-0.3, -0.25) is 4.79 Å². The van der Waals surface area contributed by atoms with Gasteiger partial charge in [-0.05, 0) is 12.0 Å². The highest BCUT2D eigenvalue weighted by Crippen LogP contribution is 2.18. The lowest BCUT2D eigenvalue weighted by Crippen LogP contribution is -2.26. The Morgan fingerprint density at radius 2 is 2.15 bits per heavy atom. The van der Waals surface area contributed by atoms with Gasteiger partial charge in [0.15, 0.2) is 0 Å². The van der Waals surface area contributed by atoms with Crippen molar-refractivity contribution in [3.05, 3.63) is 41.8 Å². The van der Waals surface area contributed by atoms with Crippen LogP contribution in [0, 0.1) is 0 Å². The summed E-state index contributed by atoms with van der Waals surface area (Å²) in [6.07, 6.45) is 2.19. The van der Waals surface area contributed by atoms with Gasteiger partial charge in [-0.25, -0.2) is 9.69 Å². The maximum absolute atomic E-state index is 11.7. The largest absolute Gasteiger partial charge is 0.447 e. The monoisotopic (exact) mass is 275 g/mol. The molecule has 0 radical (unpaired) electrons. The Kier molecular flexibility index (Phi) is 4.76. The van der Waals surface area contributed by atoms with Crippen LogP contribution < -0.4 is 0 Å². The molecule has 0 unspecified atom stereocenters. The number of rotatable bonds is 5. The maximum Gasteiger partial charge on any atom is 0.416 e. The molecule has 0 atom stereocenters. The van der Waals surface area contributed by atoms with Crippen molar-refractivity contribution >= 4 is 18.1 Å². The van der Waals surface area contributed by atoms with Crippen molar-refractivity contribution < 1.29 is 19.1 Å². The lowest BCUT2D eigenvalue weighted by molar-refractivity contribution is -0.141. The summed E-state index contributed by atoms with van der Waals surface area (Å²) in [6, 6.07) is 9.38. The van der Waals surface area contributed by atoms with Crippen molar-refractivity contribution in [2.75, 3.05) is 13.2 Å². The zero-order chi connectivity index (χ0) is 14.4. The quantitative estimate of drug-likeness (QED) is 0.612. The zero-order valence-electron chi connectivity index (χ0n) is 11.4. The van der Waals surface area contributed by atoms with Gasteiger partial charge >= 0.3 is 12.1 Å². The van der Waals surface area contributed by atoms with E-state index in [2.05, 4.69) is 0 Å². The third-order valence-corrected chi connectivity index (χ3v) is 2.79. The molecule has 20 heavy (non-hydrogen) atoms. The van der Waals surface area contributed by atoms with E-state index in [1.807, 2.05) is 37.3 Å². The van der Waals surface area contributed by atoms with Gasteiger partial charge in [0.1, 0.15) is 6.61 Å². The SMILES string of the molecule is CCCC(=O)O/C(=C/c1ccccc1)N1CCOC1=O. The van der Waals surface area contributed by atoms with E-state index in [1.165, 1.54) is 4.90 Å². The number of amides is 1. The minimum atomic E-state index is -0.489. The standard InChI is InChI=1S/C15H17NO4/c1-2-6-14(17)20-13(16-9-10-19-15(16)18)11-12-7-4-3-5-8-12/h3-5,7-8,11H,2,6,9-10H2,1H3/b13-11+. The van der Waals surface area contributed by atoms with E-state index >= 15 is 0 Å². The van der Waals surface area contributed by atoms with Gasteiger partial charge in [0.2, 0.25) is 5.88 Å². The summed E-state index contributed by atoms with van der Waals surface area (Å²) in [5, 5.41) is 0. The number of hydrogen-bond acceptors (Lipinski definition) is 4. The second kappa shape index (κ2) is 6.75. The van der Waals surface area contributed by atoms with E-state index in [0.717, 1.165) is 5.56 Å². The van der Waals surface area contributed by atoms with Crippen molar-refractivity contribution in [1.29, 1.82) is 0 Å². The molecule has 0 N–H and O–H groups in total. The fourth-order valence-electron chi connectivity index (χ4n) is 1.82. The molecule has 1 aromatic rings.